The number of ether oxygens (including phenoxy) is 3. The molecule has 6 nitrogen and oxygen atoms in total. The summed E-state index contributed by atoms with van der Waals surface area (Å²) in [5.74, 6) is 0.860. The number of hydrogen-bond acceptors (Lipinski definition) is 7. The molecule has 0 atom stereocenters. The first-order chi connectivity index (χ1) is 13.0. The maximum atomic E-state index is 12.7. The average Bonchev–Trinajstić information content (AvgIpc) is 2.94. The van der Waals surface area contributed by atoms with Gasteiger partial charge in [0.2, 0.25) is 0 Å². The van der Waals surface area contributed by atoms with Crippen LogP contribution in [0.25, 0.3) is 6.08 Å². The molecule has 0 bridgehead atoms. The van der Waals surface area contributed by atoms with Gasteiger partial charge in [0.1, 0.15) is 4.32 Å². The maximum absolute atomic E-state index is 12.7. The monoisotopic (exact) mass is 409 g/mol. The van der Waals surface area contributed by atoms with Crippen LogP contribution in [-0.4, -0.2) is 49.0 Å². The van der Waals surface area contributed by atoms with Crippen LogP contribution < -0.4 is 9.47 Å². The second-order valence-electron chi connectivity index (χ2n) is 5.80. The summed E-state index contributed by atoms with van der Waals surface area (Å²) in [4.78, 5) is 26.0. The Bertz CT molecular complexity index is 748. The Hall–Kier alpha value is -2.06. The third-order valence-corrected chi connectivity index (χ3v) is 5.46. The first-order valence-electron chi connectivity index (χ1n) is 8.55. The second-order valence-corrected chi connectivity index (χ2v) is 7.48. The van der Waals surface area contributed by atoms with Crippen LogP contribution in [-0.2, 0) is 14.3 Å². The Kier molecular flexibility index (Phi) is 8.12. The Labute approximate surface area is 168 Å². The highest BCUT2D eigenvalue weighted by Gasteiger charge is 2.31. The number of rotatable bonds is 9. The van der Waals surface area contributed by atoms with Gasteiger partial charge in [-0.25, -0.2) is 0 Å². The average molecular weight is 410 g/mol. The fraction of sp³-hybridized carbons (Fsp3) is 0.421. The molecule has 1 saturated heterocycles. The van der Waals surface area contributed by atoms with E-state index in [1.54, 1.807) is 31.3 Å². The standard InChI is InChI=1S/C19H23NO5S2/c1-23-14-9-7-8-13(17(14)25-3)12-15-18(22)20(19(26)27-15)11-6-4-5-10-16(21)24-2/h7-9,12H,4-6,10-11H2,1-3H3/b15-12-. The van der Waals surface area contributed by atoms with Gasteiger partial charge >= 0.3 is 5.97 Å². The Balaban J connectivity index is 2.01. The van der Waals surface area contributed by atoms with Crippen molar-refractivity contribution in [1.29, 1.82) is 0 Å². The largest absolute Gasteiger partial charge is 0.493 e. The summed E-state index contributed by atoms with van der Waals surface area (Å²) in [5.41, 5.74) is 0.760. The molecule has 27 heavy (non-hydrogen) atoms. The van der Waals surface area contributed by atoms with Gasteiger partial charge in [-0.05, 0) is 25.0 Å². The smallest absolute Gasteiger partial charge is 0.305 e. The molecule has 1 aromatic rings. The molecule has 0 spiro atoms. The summed E-state index contributed by atoms with van der Waals surface area (Å²) in [6.07, 6.45) is 4.51. The molecule has 0 saturated carbocycles. The quantitative estimate of drug-likeness (QED) is 0.267. The van der Waals surface area contributed by atoms with Crippen molar-refractivity contribution in [2.75, 3.05) is 27.9 Å². The number of carbonyl (C=O) groups is 2. The number of nitrogens with zero attached hydrogens (tertiary/aromatic N) is 1. The van der Waals surface area contributed by atoms with Crippen LogP contribution >= 0.6 is 24.0 Å². The van der Waals surface area contributed by atoms with Crippen LogP contribution in [0.15, 0.2) is 23.1 Å². The second kappa shape index (κ2) is 10.3. The molecule has 1 aliphatic heterocycles. The lowest BCUT2D eigenvalue weighted by atomic mass is 10.1. The zero-order valence-corrected chi connectivity index (χ0v) is 17.3. The van der Waals surface area contributed by atoms with Crippen molar-refractivity contribution < 1.29 is 23.8 Å². The molecule has 0 aliphatic carbocycles. The van der Waals surface area contributed by atoms with Gasteiger partial charge in [0, 0.05) is 18.5 Å². The van der Waals surface area contributed by atoms with Crippen molar-refractivity contribution in [2.24, 2.45) is 0 Å². The van der Waals surface area contributed by atoms with Gasteiger partial charge in [0.25, 0.3) is 5.91 Å². The normalized spacial score (nSPS) is 15.4. The van der Waals surface area contributed by atoms with Crippen molar-refractivity contribution in [2.45, 2.75) is 25.7 Å². The molecule has 1 aliphatic rings. The molecule has 146 valence electrons. The molecule has 0 unspecified atom stereocenters. The molecule has 0 aromatic heterocycles. The van der Waals surface area contributed by atoms with Crippen LogP contribution in [0.1, 0.15) is 31.2 Å². The van der Waals surface area contributed by atoms with E-state index >= 15 is 0 Å². The highest BCUT2D eigenvalue weighted by Crippen LogP contribution is 2.37. The van der Waals surface area contributed by atoms with E-state index in [1.807, 2.05) is 12.1 Å². The van der Waals surface area contributed by atoms with Crippen molar-refractivity contribution in [3.8, 4) is 11.5 Å². The predicted octanol–water partition coefficient (Wildman–Crippen LogP) is 3.64. The van der Waals surface area contributed by atoms with Gasteiger partial charge in [-0.1, -0.05) is 42.5 Å². The summed E-state index contributed by atoms with van der Waals surface area (Å²) in [6.45, 7) is 0.540. The molecular formula is C19H23NO5S2. The van der Waals surface area contributed by atoms with Crippen LogP contribution in [0.3, 0.4) is 0 Å². The number of hydrogen-bond donors (Lipinski definition) is 0. The van der Waals surface area contributed by atoms with Crippen molar-refractivity contribution >= 4 is 46.3 Å². The zero-order valence-electron chi connectivity index (χ0n) is 15.6. The molecule has 0 radical (unpaired) electrons. The first-order valence-corrected chi connectivity index (χ1v) is 9.77. The Morgan fingerprint density at radius 1 is 1.19 bits per heavy atom. The van der Waals surface area contributed by atoms with Crippen LogP contribution in [0, 0.1) is 0 Å². The van der Waals surface area contributed by atoms with E-state index < -0.39 is 0 Å². The predicted molar refractivity (Wildman–Crippen MR) is 110 cm³/mol. The highest BCUT2D eigenvalue weighted by molar-refractivity contribution is 8.26. The molecule has 1 aromatic carbocycles. The SMILES string of the molecule is COC(=O)CCCCCN1C(=O)/C(=C/c2cccc(OC)c2OC)SC1=S. The Morgan fingerprint density at radius 2 is 1.96 bits per heavy atom. The molecular weight excluding hydrogens is 386 g/mol. The zero-order chi connectivity index (χ0) is 19.8. The van der Waals surface area contributed by atoms with Gasteiger partial charge in [-0.2, -0.15) is 0 Å². The van der Waals surface area contributed by atoms with Crippen molar-refractivity contribution in [3.63, 3.8) is 0 Å². The van der Waals surface area contributed by atoms with Gasteiger partial charge in [-0.15, -0.1) is 0 Å². The van der Waals surface area contributed by atoms with E-state index in [4.69, 9.17) is 21.7 Å². The van der Waals surface area contributed by atoms with E-state index in [0.29, 0.717) is 33.7 Å². The third-order valence-electron chi connectivity index (χ3n) is 4.08. The van der Waals surface area contributed by atoms with Crippen LogP contribution in [0.4, 0.5) is 0 Å². The molecule has 2 rings (SSSR count). The number of benzene rings is 1. The lowest BCUT2D eigenvalue weighted by molar-refractivity contribution is -0.140. The minimum Gasteiger partial charge on any atom is -0.493 e. The van der Waals surface area contributed by atoms with Crippen LogP contribution in [0.2, 0.25) is 0 Å². The Morgan fingerprint density at radius 3 is 2.63 bits per heavy atom. The van der Waals surface area contributed by atoms with E-state index in [2.05, 4.69) is 4.74 Å². The van der Waals surface area contributed by atoms with Crippen molar-refractivity contribution in [1.82, 2.24) is 4.90 Å². The summed E-state index contributed by atoms with van der Waals surface area (Å²) in [7, 11) is 4.52. The van der Waals surface area contributed by atoms with E-state index in [0.717, 1.165) is 24.8 Å². The highest BCUT2D eigenvalue weighted by atomic mass is 32.2. The third kappa shape index (κ3) is 5.46. The summed E-state index contributed by atoms with van der Waals surface area (Å²) in [6, 6.07) is 5.51. The molecule has 1 fully saturated rings. The fourth-order valence-corrected chi connectivity index (χ4v) is 3.98. The number of thiocarbonyl (C=S) groups is 1. The minimum atomic E-state index is -0.212. The van der Waals surface area contributed by atoms with Gasteiger partial charge in [-0.3, -0.25) is 14.5 Å². The topological polar surface area (TPSA) is 65.1 Å². The molecule has 8 heteroatoms. The summed E-state index contributed by atoms with van der Waals surface area (Å²) < 4.78 is 15.9. The number of amides is 1. The van der Waals surface area contributed by atoms with E-state index in [1.165, 1.54) is 18.9 Å². The van der Waals surface area contributed by atoms with Gasteiger partial charge < -0.3 is 14.2 Å². The molecule has 1 heterocycles. The van der Waals surface area contributed by atoms with Gasteiger partial charge in [0.15, 0.2) is 11.5 Å². The van der Waals surface area contributed by atoms with Crippen molar-refractivity contribution in [3.05, 3.63) is 28.7 Å². The van der Waals surface area contributed by atoms with Crippen LogP contribution in [0.5, 0.6) is 11.5 Å². The molecule has 1 amide bonds. The lowest BCUT2D eigenvalue weighted by Gasteiger charge is -2.14. The number of unbranched alkanes of at least 4 members (excludes halogenated alkanes) is 2. The number of methoxy groups -OCH3 is 3. The first kappa shape index (κ1) is 21.2. The van der Waals surface area contributed by atoms with Gasteiger partial charge in [0.05, 0.1) is 26.2 Å². The summed E-state index contributed by atoms with van der Waals surface area (Å²) in [5, 5.41) is 0. The maximum Gasteiger partial charge on any atom is 0.305 e. The van der Waals surface area contributed by atoms with E-state index in [9.17, 15) is 9.59 Å². The number of esters is 1. The summed E-state index contributed by atoms with van der Waals surface area (Å²) >= 11 is 6.64. The fourth-order valence-electron chi connectivity index (χ4n) is 2.68. The molecule has 0 N–H and O–H groups in total. The number of thioether (sulfide) groups is 1. The number of para-hydroxylation sites is 1. The lowest BCUT2D eigenvalue weighted by Crippen LogP contribution is -2.29. The number of carbonyl (C=O) groups excluding carboxylic acids is 2. The van der Waals surface area contributed by atoms with E-state index in [-0.39, 0.29) is 11.9 Å². The minimum absolute atomic E-state index is 0.108.